The van der Waals surface area contributed by atoms with Crippen molar-refractivity contribution in [1.82, 2.24) is 24.5 Å². The van der Waals surface area contributed by atoms with Crippen molar-refractivity contribution in [3.8, 4) is 50.8 Å². The molecule has 5 heteroatoms. The number of aromatic nitrogens is 5. The molecule has 0 aliphatic rings. The summed E-state index contributed by atoms with van der Waals surface area (Å²) < 4.78 is 2.18. The van der Waals surface area contributed by atoms with Gasteiger partial charge in [-0.2, -0.15) is 0 Å². The van der Waals surface area contributed by atoms with Crippen LogP contribution in [0.3, 0.4) is 0 Å². The highest BCUT2D eigenvalue weighted by molar-refractivity contribution is 6.14. The Bertz CT molecular complexity index is 2860. The number of rotatable bonds is 5. The quantitative estimate of drug-likeness (QED) is 0.174. The van der Waals surface area contributed by atoms with Crippen molar-refractivity contribution in [3.63, 3.8) is 0 Å². The number of fused-ring (bicyclic) bond motifs is 6. The van der Waals surface area contributed by atoms with Crippen LogP contribution in [0.5, 0.6) is 0 Å². The summed E-state index contributed by atoms with van der Waals surface area (Å²) in [5.41, 5.74) is 9.67. The van der Waals surface area contributed by atoms with E-state index >= 15 is 0 Å². The van der Waals surface area contributed by atoms with Crippen LogP contribution in [0.2, 0.25) is 0 Å². The second kappa shape index (κ2) is 11.9. The van der Waals surface area contributed by atoms with Gasteiger partial charge in [-0.25, -0.2) is 15.0 Å². The molecule has 0 aliphatic heterocycles. The van der Waals surface area contributed by atoms with E-state index in [9.17, 15) is 0 Å². The maximum absolute atomic E-state index is 5.25. The Morgan fingerprint density at radius 2 is 1.10 bits per heavy atom. The summed E-state index contributed by atoms with van der Waals surface area (Å²) in [6.45, 7) is 0. The van der Waals surface area contributed by atoms with Gasteiger partial charge < -0.3 is 0 Å². The number of nitrogens with zero attached hydrogens (tertiary/aromatic N) is 5. The van der Waals surface area contributed by atoms with Crippen molar-refractivity contribution >= 4 is 43.4 Å². The average molecular weight is 652 g/mol. The van der Waals surface area contributed by atoms with E-state index < -0.39 is 0 Å². The molecule has 0 aliphatic carbocycles. The van der Waals surface area contributed by atoms with Gasteiger partial charge in [0.2, 0.25) is 0 Å². The SMILES string of the molecule is c1ccc(-c2cccc(-c3cc(-c4cc5ccccc5c5ccccc45)cc(-c4ccc(-n5c6ccccc6c6ccncc65)nc4)n3)n2)cc1. The highest BCUT2D eigenvalue weighted by atomic mass is 15.1. The second-order valence-corrected chi connectivity index (χ2v) is 12.7. The van der Waals surface area contributed by atoms with Crippen LogP contribution in [0.15, 0.2) is 176 Å². The second-order valence-electron chi connectivity index (χ2n) is 12.7. The van der Waals surface area contributed by atoms with Crippen LogP contribution in [-0.2, 0) is 0 Å². The largest absolute Gasteiger partial charge is 0.292 e. The van der Waals surface area contributed by atoms with Crippen molar-refractivity contribution in [1.29, 1.82) is 0 Å². The van der Waals surface area contributed by atoms with Crippen molar-refractivity contribution in [2.24, 2.45) is 0 Å². The molecule has 0 radical (unpaired) electrons. The van der Waals surface area contributed by atoms with Crippen LogP contribution in [0.4, 0.5) is 0 Å². The monoisotopic (exact) mass is 651 g/mol. The van der Waals surface area contributed by atoms with Crippen LogP contribution in [0.25, 0.3) is 94.2 Å². The number of para-hydroxylation sites is 1. The van der Waals surface area contributed by atoms with E-state index in [1.807, 2.05) is 48.9 Å². The van der Waals surface area contributed by atoms with Gasteiger partial charge >= 0.3 is 0 Å². The molecule has 238 valence electrons. The van der Waals surface area contributed by atoms with Gasteiger partial charge in [0.15, 0.2) is 0 Å². The minimum atomic E-state index is 0.801. The predicted molar refractivity (Wildman–Crippen MR) is 209 cm³/mol. The molecule has 5 aromatic carbocycles. The van der Waals surface area contributed by atoms with Gasteiger partial charge in [-0.3, -0.25) is 9.55 Å². The lowest BCUT2D eigenvalue weighted by molar-refractivity contribution is 1.07. The Balaban J connectivity index is 1.17. The topological polar surface area (TPSA) is 56.5 Å². The van der Waals surface area contributed by atoms with Gasteiger partial charge in [0.25, 0.3) is 0 Å². The summed E-state index contributed by atoms with van der Waals surface area (Å²) in [7, 11) is 0. The first-order valence-electron chi connectivity index (χ1n) is 17.0. The fourth-order valence-electron chi connectivity index (χ4n) is 7.34. The normalized spacial score (nSPS) is 11.5. The summed E-state index contributed by atoms with van der Waals surface area (Å²) >= 11 is 0. The van der Waals surface area contributed by atoms with E-state index in [2.05, 4.69) is 137 Å². The van der Waals surface area contributed by atoms with Gasteiger partial charge in [-0.05, 0) is 87.3 Å². The van der Waals surface area contributed by atoms with Crippen molar-refractivity contribution in [2.45, 2.75) is 0 Å². The molecule has 0 N–H and O–H groups in total. The van der Waals surface area contributed by atoms with Crippen molar-refractivity contribution < 1.29 is 0 Å². The standard InChI is InChI=1S/C46H29N5/c1-2-11-30(12-3-1)40-18-10-19-41(49-40)43-27-33(39-25-31-13-4-5-14-34(31)35-15-6-7-16-36(35)39)26-42(50-43)32-21-22-46(48-28-32)51-44-20-9-8-17-37(44)38-23-24-47-29-45(38)51/h1-29H. The Morgan fingerprint density at radius 3 is 1.96 bits per heavy atom. The third-order valence-electron chi connectivity index (χ3n) is 9.73. The first kappa shape index (κ1) is 29.0. The minimum absolute atomic E-state index is 0.801. The zero-order valence-electron chi connectivity index (χ0n) is 27.5. The molecule has 0 spiro atoms. The van der Waals surface area contributed by atoms with E-state index in [4.69, 9.17) is 15.0 Å². The van der Waals surface area contributed by atoms with Crippen LogP contribution in [-0.4, -0.2) is 24.5 Å². The van der Waals surface area contributed by atoms with Gasteiger partial charge in [-0.1, -0.05) is 103 Å². The Kier molecular flexibility index (Phi) is 6.74. The van der Waals surface area contributed by atoms with Gasteiger partial charge in [0.1, 0.15) is 5.82 Å². The maximum atomic E-state index is 5.25. The Hall–Kier alpha value is -6.98. The highest BCUT2D eigenvalue weighted by Crippen LogP contribution is 2.38. The summed E-state index contributed by atoms with van der Waals surface area (Å²) in [6, 6.07) is 55.0. The molecule has 0 fully saturated rings. The summed E-state index contributed by atoms with van der Waals surface area (Å²) in [6.07, 6.45) is 5.68. The zero-order valence-corrected chi connectivity index (χ0v) is 27.5. The van der Waals surface area contributed by atoms with Gasteiger partial charge in [-0.15, -0.1) is 0 Å². The van der Waals surface area contributed by atoms with Crippen LogP contribution < -0.4 is 0 Å². The summed E-state index contributed by atoms with van der Waals surface area (Å²) in [4.78, 5) is 19.8. The third-order valence-corrected chi connectivity index (χ3v) is 9.73. The highest BCUT2D eigenvalue weighted by Gasteiger charge is 2.16. The van der Waals surface area contributed by atoms with Crippen molar-refractivity contribution in [3.05, 3.63) is 176 Å². The Labute approximate surface area is 294 Å². The molecule has 0 atom stereocenters. The molecule has 10 rings (SSSR count). The molecule has 0 saturated heterocycles. The Morgan fingerprint density at radius 1 is 0.392 bits per heavy atom. The third kappa shape index (κ3) is 4.94. The minimum Gasteiger partial charge on any atom is -0.292 e. The molecule has 0 unspecified atom stereocenters. The fraction of sp³-hybridized carbons (Fsp3) is 0. The molecular weight excluding hydrogens is 623 g/mol. The fourth-order valence-corrected chi connectivity index (χ4v) is 7.34. The molecule has 5 nitrogen and oxygen atoms in total. The van der Waals surface area contributed by atoms with Crippen LogP contribution in [0.1, 0.15) is 0 Å². The first-order chi connectivity index (χ1) is 25.3. The summed E-state index contributed by atoms with van der Waals surface area (Å²) in [5, 5.41) is 7.18. The molecule has 5 heterocycles. The lowest BCUT2D eigenvalue weighted by Gasteiger charge is -2.14. The van der Waals surface area contributed by atoms with E-state index in [1.165, 1.54) is 26.9 Å². The number of hydrogen-bond acceptors (Lipinski definition) is 4. The van der Waals surface area contributed by atoms with E-state index in [-0.39, 0.29) is 0 Å². The molecule has 0 saturated carbocycles. The molecule has 0 amide bonds. The average Bonchev–Trinajstić information content (AvgIpc) is 3.55. The van der Waals surface area contributed by atoms with Gasteiger partial charge in [0, 0.05) is 34.3 Å². The molecular formula is C46H29N5. The first-order valence-corrected chi connectivity index (χ1v) is 17.0. The van der Waals surface area contributed by atoms with E-state index in [1.54, 1.807) is 0 Å². The summed E-state index contributed by atoms with van der Waals surface area (Å²) in [5.74, 6) is 0.826. The van der Waals surface area contributed by atoms with E-state index in [0.29, 0.717) is 0 Å². The number of pyridine rings is 4. The lowest BCUT2D eigenvalue weighted by atomic mass is 9.92. The van der Waals surface area contributed by atoms with E-state index in [0.717, 1.165) is 67.3 Å². The van der Waals surface area contributed by atoms with Crippen molar-refractivity contribution in [2.75, 3.05) is 0 Å². The lowest BCUT2D eigenvalue weighted by Crippen LogP contribution is -1.98. The predicted octanol–water partition coefficient (Wildman–Crippen LogP) is 11.3. The molecule has 51 heavy (non-hydrogen) atoms. The van der Waals surface area contributed by atoms with Gasteiger partial charge in [0.05, 0.1) is 40.0 Å². The molecule has 0 bridgehead atoms. The number of hydrogen-bond donors (Lipinski definition) is 0. The molecule has 10 aromatic rings. The maximum Gasteiger partial charge on any atom is 0.137 e. The zero-order chi connectivity index (χ0) is 33.7. The smallest absolute Gasteiger partial charge is 0.137 e. The van der Waals surface area contributed by atoms with Crippen LogP contribution in [0, 0.1) is 0 Å². The molecule has 5 aromatic heterocycles. The van der Waals surface area contributed by atoms with Crippen LogP contribution >= 0.6 is 0 Å². The number of benzene rings is 5.